The van der Waals surface area contributed by atoms with E-state index in [0.717, 1.165) is 80.5 Å². The number of aryl methyl sites for hydroxylation is 4. The summed E-state index contributed by atoms with van der Waals surface area (Å²) >= 11 is 0. The Labute approximate surface area is 201 Å². The maximum absolute atomic E-state index is 5.74. The third-order valence-electron chi connectivity index (χ3n) is 6.21. The van der Waals surface area contributed by atoms with Crippen molar-refractivity contribution in [3.8, 4) is 0 Å². The predicted octanol–water partition coefficient (Wildman–Crippen LogP) is 2.72. The second-order valence-corrected chi connectivity index (χ2v) is 8.50. The van der Waals surface area contributed by atoms with Gasteiger partial charge < -0.3 is 15.1 Å². The van der Waals surface area contributed by atoms with Gasteiger partial charge in [-0.05, 0) is 65.5 Å². The summed E-state index contributed by atoms with van der Waals surface area (Å²) in [6, 6.07) is 0.167. The molecule has 172 valence electrons. The summed E-state index contributed by atoms with van der Waals surface area (Å²) in [5, 5.41) is 11.6. The quantitative estimate of drug-likeness (QED) is 0.341. The molecule has 0 bridgehead atoms. The van der Waals surface area contributed by atoms with Crippen LogP contribution in [0, 0.1) is 26.7 Å². The van der Waals surface area contributed by atoms with Crippen molar-refractivity contribution in [2.24, 2.45) is 10.9 Å². The molecule has 0 radical (unpaired) electrons. The van der Waals surface area contributed by atoms with Crippen LogP contribution in [0.3, 0.4) is 0 Å². The van der Waals surface area contributed by atoms with Gasteiger partial charge in [-0.15, -0.1) is 24.0 Å². The molecule has 0 aromatic carbocycles. The highest BCUT2D eigenvalue weighted by Gasteiger charge is 2.25. The molecule has 2 aliphatic heterocycles. The lowest BCUT2D eigenvalue weighted by Crippen LogP contribution is -2.44. The fourth-order valence-corrected chi connectivity index (χ4v) is 4.35. The molecular weight excluding hydrogens is 507 g/mol. The van der Waals surface area contributed by atoms with Gasteiger partial charge in [0, 0.05) is 20.1 Å². The maximum Gasteiger partial charge on any atom is 0.208 e. The Bertz CT molecular complexity index is 865. The van der Waals surface area contributed by atoms with E-state index in [9.17, 15) is 0 Å². The molecular formula is C21H35IN8O. The topological polar surface area (TPSA) is 96.4 Å². The molecule has 31 heavy (non-hydrogen) atoms. The number of nitrogens with one attached hydrogen (secondary N) is 2. The first kappa shape index (κ1) is 24.0. The van der Waals surface area contributed by atoms with Crippen LogP contribution in [0.25, 0.3) is 0 Å². The summed E-state index contributed by atoms with van der Waals surface area (Å²) in [6.07, 6.45) is 4.49. The minimum absolute atomic E-state index is 0. The van der Waals surface area contributed by atoms with Gasteiger partial charge in [0.2, 0.25) is 5.89 Å². The normalized spacial score (nSPS) is 20.3. The van der Waals surface area contributed by atoms with Gasteiger partial charge in [-0.3, -0.25) is 9.89 Å². The van der Waals surface area contributed by atoms with Crippen molar-refractivity contribution in [1.82, 2.24) is 35.3 Å². The van der Waals surface area contributed by atoms with E-state index in [1.807, 2.05) is 32.5 Å². The Morgan fingerprint density at radius 2 is 1.90 bits per heavy atom. The molecule has 1 atom stereocenters. The number of likely N-dealkylation sites (tertiary alicyclic amines) is 1. The monoisotopic (exact) mass is 542 g/mol. The van der Waals surface area contributed by atoms with E-state index >= 15 is 0 Å². The number of oxazole rings is 1. The number of fused-ring (bicyclic) bond motifs is 1. The molecule has 0 saturated carbocycles. The van der Waals surface area contributed by atoms with E-state index in [4.69, 9.17) is 4.42 Å². The van der Waals surface area contributed by atoms with Crippen LogP contribution in [-0.2, 0) is 13.1 Å². The second kappa shape index (κ2) is 10.8. The van der Waals surface area contributed by atoms with E-state index in [0.29, 0.717) is 5.92 Å². The number of hydrogen-bond acceptors (Lipinski definition) is 6. The fourth-order valence-electron chi connectivity index (χ4n) is 4.35. The van der Waals surface area contributed by atoms with Crippen LogP contribution < -0.4 is 10.6 Å². The Morgan fingerprint density at radius 3 is 2.58 bits per heavy atom. The highest BCUT2D eigenvalue weighted by atomic mass is 127. The molecule has 0 spiro atoms. The lowest BCUT2D eigenvalue weighted by Gasteiger charge is -2.32. The second-order valence-electron chi connectivity index (χ2n) is 8.50. The third kappa shape index (κ3) is 5.97. The zero-order valence-electron chi connectivity index (χ0n) is 19.0. The SMILES string of the molecule is CN=C(NCC1CCN(Cc2nc(C)c(C)o2)CC1)NC1CCCn2nc(C)nc21.I. The minimum atomic E-state index is 0. The van der Waals surface area contributed by atoms with Crippen LogP contribution in [0.2, 0.25) is 0 Å². The molecule has 4 heterocycles. The molecule has 2 aliphatic rings. The van der Waals surface area contributed by atoms with Gasteiger partial charge in [-0.1, -0.05) is 0 Å². The summed E-state index contributed by atoms with van der Waals surface area (Å²) in [4.78, 5) is 16.0. The van der Waals surface area contributed by atoms with Crippen LogP contribution >= 0.6 is 24.0 Å². The predicted molar refractivity (Wildman–Crippen MR) is 131 cm³/mol. The zero-order chi connectivity index (χ0) is 21.1. The fraction of sp³-hybridized carbons (Fsp3) is 0.714. The Balaban J connectivity index is 0.00000272. The van der Waals surface area contributed by atoms with Crippen molar-refractivity contribution in [2.75, 3.05) is 26.7 Å². The molecule has 0 aliphatic carbocycles. The van der Waals surface area contributed by atoms with E-state index in [1.54, 1.807) is 0 Å². The average Bonchev–Trinajstić information content (AvgIpc) is 3.27. The van der Waals surface area contributed by atoms with Gasteiger partial charge in [-0.2, -0.15) is 5.10 Å². The van der Waals surface area contributed by atoms with Gasteiger partial charge in [0.05, 0.1) is 18.3 Å². The Hall–Kier alpha value is -1.69. The van der Waals surface area contributed by atoms with Crippen LogP contribution in [0.1, 0.15) is 60.7 Å². The first-order chi connectivity index (χ1) is 14.5. The molecule has 2 aromatic heterocycles. The number of aromatic nitrogens is 4. The number of halogens is 1. The van der Waals surface area contributed by atoms with Crippen LogP contribution in [0.15, 0.2) is 9.41 Å². The molecule has 0 amide bonds. The average molecular weight is 542 g/mol. The number of aliphatic imine (C=N–C) groups is 1. The first-order valence-electron chi connectivity index (χ1n) is 11.1. The Morgan fingerprint density at radius 1 is 1.13 bits per heavy atom. The summed E-state index contributed by atoms with van der Waals surface area (Å²) in [5.74, 6) is 5.11. The van der Waals surface area contributed by atoms with Crippen molar-refractivity contribution in [3.63, 3.8) is 0 Å². The number of hydrogen-bond donors (Lipinski definition) is 2. The number of piperidine rings is 1. The Kier molecular flexibility index (Phi) is 8.31. The standard InChI is InChI=1S/C21H34N8O.HI/c1-14-15(2)30-19(24-14)13-28-10-7-17(8-11-28)12-23-21(22-4)26-18-6-5-9-29-20(18)25-16(3)27-29;/h17-18H,5-13H2,1-4H3,(H2,22,23,26);1H. The highest BCUT2D eigenvalue weighted by Crippen LogP contribution is 2.23. The van der Waals surface area contributed by atoms with Gasteiger partial charge in [0.15, 0.2) is 5.96 Å². The highest BCUT2D eigenvalue weighted by molar-refractivity contribution is 14.0. The van der Waals surface area contributed by atoms with Crippen LogP contribution in [-0.4, -0.2) is 57.3 Å². The van der Waals surface area contributed by atoms with Gasteiger partial charge >= 0.3 is 0 Å². The molecule has 2 N–H and O–H groups in total. The van der Waals surface area contributed by atoms with Crippen molar-refractivity contribution in [2.45, 2.75) is 65.6 Å². The number of nitrogens with zero attached hydrogens (tertiary/aromatic N) is 6. The lowest BCUT2D eigenvalue weighted by molar-refractivity contribution is 0.164. The number of guanidine groups is 1. The number of rotatable bonds is 5. The summed E-state index contributed by atoms with van der Waals surface area (Å²) in [7, 11) is 1.83. The smallest absolute Gasteiger partial charge is 0.208 e. The van der Waals surface area contributed by atoms with E-state index in [2.05, 4.69) is 35.6 Å². The molecule has 2 aromatic rings. The maximum atomic E-state index is 5.74. The van der Waals surface area contributed by atoms with Gasteiger partial charge in [0.25, 0.3) is 0 Å². The van der Waals surface area contributed by atoms with Crippen LogP contribution in [0.5, 0.6) is 0 Å². The van der Waals surface area contributed by atoms with Gasteiger partial charge in [0.1, 0.15) is 17.4 Å². The molecule has 1 unspecified atom stereocenters. The van der Waals surface area contributed by atoms with Crippen LogP contribution in [0.4, 0.5) is 0 Å². The lowest BCUT2D eigenvalue weighted by atomic mass is 9.97. The molecule has 4 rings (SSSR count). The third-order valence-corrected chi connectivity index (χ3v) is 6.21. The van der Waals surface area contributed by atoms with E-state index in [1.165, 1.54) is 12.8 Å². The molecule has 10 heteroatoms. The van der Waals surface area contributed by atoms with Gasteiger partial charge in [-0.25, -0.2) is 14.6 Å². The van der Waals surface area contributed by atoms with E-state index in [-0.39, 0.29) is 30.0 Å². The molecule has 1 fully saturated rings. The first-order valence-corrected chi connectivity index (χ1v) is 11.1. The van der Waals surface area contributed by atoms with Crippen molar-refractivity contribution in [3.05, 3.63) is 29.0 Å². The van der Waals surface area contributed by atoms with Crippen molar-refractivity contribution >= 4 is 29.9 Å². The summed E-state index contributed by atoms with van der Waals surface area (Å²) in [6.45, 7) is 10.8. The van der Waals surface area contributed by atoms with E-state index < -0.39 is 0 Å². The minimum Gasteiger partial charge on any atom is -0.444 e. The van der Waals surface area contributed by atoms with Crippen molar-refractivity contribution in [1.29, 1.82) is 0 Å². The van der Waals surface area contributed by atoms with Crippen molar-refractivity contribution < 1.29 is 4.42 Å². The molecule has 1 saturated heterocycles. The molecule has 9 nitrogen and oxygen atoms in total. The zero-order valence-corrected chi connectivity index (χ0v) is 21.3. The summed E-state index contributed by atoms with van der Waals surface area (Å²) < 4.78 is 7.76. The summed E-state index contributed by atoms with van der Waals surface area (Å²) in [5.41, 5.74) is 0.995. The largest absolute Gasteiger partial charge is 0.444 e.